The molecule has 1 aliphatic carbocycles. The lowest BCUT2D eigenvalue weighted by molar-refractivity contribution is 0.102. The molecule has 0 fully saturated rings. The summed E-state index contributed by atoms with van der Waals surface area (Å²) in [5, 5.41) is 14.6. The van der Waals surface area contributed by atoms with Gasteiger partial charge in [-0.15, -0.1) is 11.3 Å². The van der Waals surface area contributed by atoms with Crippen LogP contribution in [0.3, 0.4) is 0 Å². The molecular formula is C31H31N3OS. The highest BCUT2D eigenvalue weighted by atomic mass is 32.1. The van der Waals surface area contributed by atoms with Crippen molar-refractivity contribution in [2.75, 3.05) is 5.32 Å². The third kappa shape index (κ3) is 4.42. The van der Waals surface area contributed by atoms with E-state index in [1.165, 1.54) is 10.4 Å². The lowest BCUT2D eigenvalue weighted by Crippen LogP contribution is -2.28. The number of anilines is 1. The van der Waals surface area contributed by atoms with Crippen LogP contribution in [-0.2, 0) is 12.8 Å². The molecule has 0 saturated carbocycles. The summed E-state index contributed by atoms with van der Waals surface area (Å²) >= 11 is 1.58. The summed E-state index contributed by atoms with van der Waals surface area (Å²) < 4.78 is 0. The summed E-state index contributed by atoms with van der Waals surface area (Å²) in [6, 6.07) is 20.1. The fourth-order valence-corrected chi connectivity index (χ4v) is 6.43. The maximum Gasteiger partial charge on any atom is 0.257 e. The number of aryl methyl sites for hydroxylation is 1. The predicted molar refractivity (Wildman–Crippen MR) is 148 cm³/mol. The lowest BCUT2D eigenvalue weighted by atomic mass is 9.69. The average molecular weight is 494 g/mol. The molecule has 36 heavy (non-hydrogen) atoms. The van der Waals surface area contributed by atoms with Crippen molar-refractivity contribution in [1.82, 2.24) is 4.98 Å². The van der Waals surface area contributed by atoms with Crippen LogP contribution >= 0.6 is 11.3 Å². The second kappa shape index (κ2) is 9.52. The Morgan fingerprint density at radius 1 is 1.19 bits per heavy atom. The van der Waals surface area contributed by atoms with Gasteiger partial charge in [-0.2, -0.15) is 5.26 Å². The largest absolute Gasteiger partial charge is 0.312 e. The van der Waals surface area contributed by atoms with E-state index in [1.54, 1.807) is 11.3 Å². The van der Waals surface area contributed by atoms with Crippen LogP contribution in [0.2, 0.25) is 0 Å². The fourth-order valence-electron chi connectivity index (χ4n) is 5.15. The number of para-hydroxylation sites is 1. The van der Waals surface area contributed by atoms with Crippen molar-refractivity contribution in [1.29, 1.82) is 5.26 Å². The van der Waals surface area contributed by atoms with E-state index in [4.69, 9.17) is 4.98 Å². The number of amides is 1. The number of pyridine rings is 1. The predicted octanol–water partition coefficient (Wildman–Crippen LogP) is 7.94. The molecule has 0 unspecified atom stereocenters. The van der Waals surface area contributed by atoms with E-state index in [9.17, 15) is 10.1 Å². The molecular weight excluding hydrogens is 462 g/mol. The molecule has 1 N–H and O–H groups in total. The van der Waals surface area contributed by atoms with Gasteiger partial charge in [-0.05, 0) is 55.2 Å². The maximum absolute atomic E-state index is 13.7. The van der Waals surface area contributed by atoms with E-state index in [2.05, 4.69) is 51.2 Å². The van der Waals surface area contributed by atoms with Crippen LogP contribution < -0.4 is 5.32 Å². The highest BCUT2D eigenvalue weighted by molar-refractivity contribution is 7.16. The van der Waals surface area contributed by atoms with Crippen LogP contribution in [0.1, 0.15) is 65.5 Å². The topological polar surface area (TPSA) is 65.8 Å². The van der Waals surface area contributed by atoms with Gasteiger partial charge in [0.15, 0.2) is 0 Å². The molecule has 0 saturated heterocycles. The molecule has 1 aliphatic rings. The van der Waals surface area contributed by atoms with Gasteiger partial charge in [-0.25, -0.2) is 4.98 Å². The van der Waals surface area contributed by atoms with Gasteiger partial charge in [-0.3, -0.25) is 4.79 Å². The molecule has 5 heteroatoms. The molecule has 1 amide bonds. The van der Waals surface area contributed by atoms with Gasteiger partial charge in [0.25, 0.3) is 5.91 Å². The van der Waals surface area contributed by atoms with Gasteiger partial charge in [0.05, 0.1) is 22.3 Å². The SMILES string of the molecule is CCC(C)(C)[C@H]1CCc2c(sc(NC(=O)c3cc(-c4ccc(C)cc4)nc4ccccc34)c2C#N)C1. The molecule has 4 nitrogen and oxygen atoms in total. The zero-order valence-corrected chi connectivity index (χ0v) is 22.1. The minimum absolute atomic E-state index is 0.206. The third-order valence-electron chi connectivity index (χ3n) is 7.93. The molecule has 2 heterocycles. The van der Waals surface area contributed by atoms with Crippen LogP contribution in [0.25, 0.3) is 22.2 Å². The number of thiophene rings is 1. The summed E-state index contributed by atoms with van der Waals surface area (Å²) in [7, 11) is 0. The number of fused-ring (bicyclic) bond motifs is 2. The average Bonchev–Trinajstić information content (AvgIpc) is 3.24. The van der Waals surface area contributed by atoms with Gasteiger partial charge in [0.2, 0.25) is 0 Å². The van der Waals surface area contributed by atoms with E-state index in [0.717, 1.165) is 53.4 Å². The van der Waals surface area contributed by atoms with Crippen molar-refractivity contribution >= 4 is 33.1 Å². The number of carbonyl (C=O) groups is 1. The Morgan fingerprint density at radius 2 is 1.94 bits per heavy atom. The number of aromatic nitrogens is 1. The van der Waals surface area contributed by atoms with Gasteiger partial charge < -0.3 is 5.32 Å². The number of nitrogens with zero attached hydrogens (tertiary/aromatic N) is 2. The second-order valence-corrected chi connectivity index (χ2v) is 11.6. The van der Waals surface area contributed by atoms with Crippen molar-refractivity contribution in [2.24, 2.45) is 11.3 Å². The van der Waals surface area contributed by atoms with E-state index in [-0.39, 0.29) is 11.3 Å². The van der Waals surface area contributed by atoms with Gasteiger partial charge >= 0.3 is 0 Å². The number of rotatable bonds is 5. The zero-order chi connectivity index (χ0) is 25.4. The van der Waals surface area contributed by atoms with Crippen molar-refractivity contribution < 1.29 is 4.79 Å². The summed E-state index contributed by atoms with van der Waals surface area (Å²) in [4.78, 5) is 19.7. The van der Waals surface area contributed by atoms with E-state index < -0.39 is 0 Å². The Labute approximate surface area is 217 Å². The van der Waals surface area contributed by atoms with Crippen molar-refractivity contribution in [3.8, 4) is 17.3 Å². The van der Waals surface area contributed by atoms with Crippen LogP contribution in [0.5, 0.6) is 0 Å². The quantitative estimate of drug-likeness (QED) is 0.307. The first kappa shape index (κ1) is 24.2. The monoisotopic (exact) mass is 493 g/mol. The Hall–Kier alpha value is -3.49. The summed E-state index contributed by atoms with van der Waals surface area (Å²) in [6.45, 7) is 8.98. The Kier molecular flexibility index (Phi) is 6.40. The molecule has 0 bridgehead atoms. The molecule has 0 radical (unpaired) electrons. The minimum atomic E-state index is -0.206. The zero-order valence-electron chi connectivity index (χ0n) is 21.3. The van der Waals surface area contributed by atoms with Crippen molar-refractivity contribution in [2.45, 2.75) is 53.4 Å². The fraction of sp³-hybridized carbons (Fsp3) is 0.323. The molecule has 4 aromatic rings. The van der Waals surface area contributed by atoms with Crippen LogP contribution in [-0.4, -0.2) is 10.9 Å². The number of hydrogen-bond acceptors (Lipinski definition) is 4. The summed E-state index contributed by atoms with van der Waals surface area (Å²) in [6.07, 6.45) is 4.09. The Bertz CT molecular complexity index is 1490. The van der Waals surface area contributed by atoms with E-state index in [1.807, 2.05) is 42.5 Å². The van der Waals surface area contributed by atoms with Gasteiger partial charge in [0, 0.05) is 15.8 Å². The molecule has 0 spiro atoms. The maximum atomic E-state index is 13.7. The highest BCUT2D eigenvalue weighted by Crippen LogP contribution is 2.45. The van der Waals surface area contributed by atoms with E-state index >= 15 is 0 Å². The smallest absolute Gasteiger partial charge is 0.257 e. The standard InChI is InChI=1S/C31H31N3OS/c1-5-31(3,4)21-14-15-23-25(18-32)30(36-28(23)16-21)34-29(35)24-17-27(20-12-10-19(2)11-13-20)33-26-9-7-6-8-22(24)26/h6-13,17,21H,5,14-16H2,1-4H3,(H,34,35)/t21-/m0/s1. The number of nitrogens with one attached hydrogen (secondary N) is 1. The normalized spacial score (nSPS) is 15.4. The third-order valence-corrected chi connectivity index (χ3v) is 9.10. The Morgan fingerprint density at radius 3 is 2.67 bits per heavy atom. The molecule has 1 atom stereocenters. The summed E-state index contributed by atoms with van der Waals surface area (Å²) in [5.74, 6) is 0.382. The first-order chi connectivity index (χ1) is 17.3. The van der Waals surface area contributed by atoms with Crippen LogP contribution in [0, 0.1) is 29.6 Å². The number of carbonyl (C=O) groups excluding carboxylic acids is 1. The highest BCUT2D eigenvalue weighted by Gasteiger charge is 2.34. The van der Waals surface area contributed by atoms with Crippen molar-refractivity contribution in [3.05, 3.63) is 81.7 Å². The van der Waals surface area contributed by atoms with Gasteiger partial charge in [0.1, 0.15) is 11.1 Å². The molecule has 2 aromatic heterocycles. The lowest BCUT2D eigenvalue weighted by Gasteiger charge is -2.36. The van der Waals surface area contributed by atoms with E-state index in [0.29, 0.717) is 22.0 Å². The minimum Gasteiger partial charge on any atom is -0.312 e. The van der Waals surface area contributed by atoms with Crippen molar-refractivity contribution in [3.63, 3.8) is 0 Å². The second-order valence-electron chi connectivity index (χ2n) is 10.5. The number of nitriles is 1. The summed E-state index contributed by atoms with van der Waals surface area (Å²) in [5.41, 5.74) is 6.26. The first-order valence-electron chi connectivity index (χ1n) is 12.6. The number of hydrogen-bond donors (Lipinski definition) is 1. The Balaban J connectivity index is 1.51. The van der Waals surface area contributed by atoms with Crippen LogP contribution in [0.15, 0.2) is 54.6 Å². The molecule has 182 valence electrons. The molecule has 5 rings (SSSR count). The molecule has 2 aromatic carbocycles. The first-order valence-corrected chi connectivity index (χ1v) is 13.4. The molecule has 0 aliphatic heterocycles. The van der Waals surface area contributed by atoms with Gasteiger partial charge in [-0.1, -0.05) is 75.2 Å². The van der Waals surface area contributed by atoms with Crippen LogP contribution in [0.4, 0.5) is 5.00 Å². The number of benzene rings is 2.